The lowest BCUT2D eigenvalue weighted by molar-refractivity contribution is -0.160. The highest BCUT2D eigenvalue weighted by atomic mass is 16.4. The van der Waals surface area contributed by atoms with E-state index in [2.05, 4.69) is 5.32 Å². The molecule has 108 valence electrons. The predicted octanol–water partition coefficient (Wildman–Crippen LogP) is 1.09. The van der Waals surface area contributed by atoms with Gasteiger partial charge in [-0.3, -0.25) is 4.79 Å². The first kappa shape index (κ1) is 14.3. The van der Waals surface area contributed by atoms with Crippen molar-refractivity contribution < 1.29 is 14.7 Å². The van der Waals surface area contributed by atoms with Gasteiger partial charge in [0.25, 0.3) is 0 Å². The summed E-state index contributed by atoms with van der Waals surface area (Å²) in [5.74, 6) is -0.638. The van der Waals surface area contributed by atoms with Crippen molar-refractivity contribution in [2.24, 2.45) is 11.3 Å². The molecule has 1 amide bonds. The molecule has 0 aromatic rings. The summed E-state index contributed by atoms with van der Waals surface area (Å²) >= 11 is 0. The fourth-order valence-electron chi connectivity index (χ4n) is 3.44. The van der Waals surface area contributed by atoms with Crippen LogP contribution in [-0.2, 0) is 9.59 Å². The number of likely N-dealkylation sites (tertiary alicyclic amines) is 1. The van der Waals surface area contributed by atoms with E-state index in [9.17, 15) is 14.7 Å². The van der Waals surface area contributed by atoms with Crippen molar-refractivity contribution in [1.82, 2.24) is 10.2 Å². The van der Waals surface area contributed by atoms with E-state index in [1.54, 1.807) is 4.90 Å². The van der Waals surface area contributed by atoms with Crippen molar-refractivity contribution in [3.63, 3.8) is 0 Å². The molecule has 2 rings (SSSR count). The molecule has 0 spiro atoms. The number of aliphatic carboxylic acids is 1. The van der Waals surface area contributed by atoms with E-state index in [0.717, 1.165) is 25.8 Å². The van der Waals surface area contributed by atoms with Gasteiger partial charge in [0, 0.05) is 6.54 Å². The van der Waals surface area contributed by atoms with Gasteiger partial charge in [0.2, 0.25) is 5.91 Å². The molecule has 2 aliphatic rings. The van der Waals surface area contributed by atoms with Gasteiger partial charge in [0.1, 0.15) is 6.04 Å². The summed E-state index contributed by atoms with van der Waals surface area (Å²) in [5.41, 5.74) is -0.360. The Morgan fingerprint density at radius 1 is 1.37 bits per heavy atom. The van der Waals surface area contributed by atoms with Crippen LogP contribution in [0.2, 0.25) is 0 Å². The molecule has 3 unspecified atom stereocenters. The van der Waals surface area contributed by atoms with Gasteiger partial charge < -0.3 is 15.3 Å². The van der Waals surface area contributed by atoms with Gasteiger partial charge in [-0.05, 0) is 37.1 Å². The van der Waals surface area contributed by atoms with E-state index in [1.807, 2.05) is 20.8 Å². The van der Waals surface area contributed by atoms with E-state index in [-0.39, 0.29) is 23.3 Å². The van der Waals surface area contributed by atoms with Crippen LogP contribution in [0.5, 0.6) is 0 Å². The van der Waals surface area contributed by atoms with Gasteiger partial charge in [0.15, 0.2) is 0 Å². The van der Waals surface area contributed by atoms with E-state index in [0.29, 0.717) is 6.54 Å². The van der Waals surface area contributed by atoms with Crippen molar-refractivity contribution in [1.29, 1.82) is 0 Å². The van der Waals surface area contributed by atoms with Crippen LogP contribution in [0.3, 0.4) is 0 Å². The van der Waals surface area contributed by atoms with Crippen molar-refractivity contribution >= 4 is 11.9 Å². The zero-order chi connectivity index (χ0) is 14.2. The minimum absolute atomic E-state index is 0.0369. The second kappa shape index (κ2) is 5.12. The Kier molecular flexibility index (Phi) is 3.85. The first-order valence-electron chi connectivity index (χ1n) is 7.11. The Morgan fingerprint density at radius 2 is 2.05 bits per heavy atom. The third kappa shape index (κ3) is 2.61. The van der Waals surface area contributed by atoms with Crippen LogP contribution in [-0.4, -0.2) is 47.1 Å². The van der Waals surface area contributed by atoms with E-state index >= 15 is 0 Å². The number of carboxylic acids is 1. The Bertz CT molecular complexity index is 381. The average molecular weight is 268 g/mol. The normalized spacial score (nSPS) is 34.3. The number of nitrogens with zero attached hydrogens (tertiary/aromatic N) is 1. The van der Waals surface area contributed by atoms with Gasteiger partial charge in [-0.1, -0.05) is 20.8 Å². The molecule has 2 saturated heterocycles. The zero-order valence-corrected chi connectivity index (χ0v) is 12.0. The smallest absolute Gasteiger partial charge is 0.326 e. The average Bonchev–Trinajstić information content (AvgIpc) is 2.72. The molecule has 0 radical (unpaired) electrons. The highest BCUT2D eigenvalue weighted by Gasteiger charge is 2.46. The number of hydrogen-bond donors (Lipinski definition) is 2. The van der Waals surface area contributed by atoms with E-state index < -0.39 is 12.0 Å². The minimum atomic E-state index is -0.885. The molecule has 2 aliphatic heterocycles. The number of amides is 1. The molecule has 5 nitrogen and oxygen atoms in total. The molecule has 2 heterocycles. The molecule has 0 aromatic carbocycles. The van der Waals surface area contributed by atoms with Gasteiger partial charge in [-0.15, -0.1) is 0 Å². The van der Waals surface area contributed by atoms with E-state index in [4.69, 9.17) is 0 Å². The van der Waals surface area contributed by atoms with Gasteiger partial charge >= 0.3 is 5.97 Å². The number of rotatable bonds is 2. The van der Waals surface area contributed by atoms with Crippen molar-refractivity contribution in [2.45, 2.75) is 52.1 Å². The lowest BCUT2D eigenvalue weighted by Gasteiger charge is -2.45. The van der Waals surface area contributed by atoms with Crippen molar-refractivity contribution in [3.05, 3.63) is 0 Å². The molecule has 2 fully saturated rings. The number of carbonyl (C=O) groups is 2. The first-order valence-corrected chi connectivity index (χ1v) is 7.11. The van der Waals surface area contributed by atoms with Crippen LogP contribution in [0.15, 0.2) is 0 Å². The first-order chi connectivity index (χ1) is 8.84. The second-order valence-corrected chi connectivity index (χ2v) is 6.56. The quantitative estimate of drug-likeness (QED) is 0.786. The molecular weight excluding hydrogens is 244 g/mol. The fourth-order valence-corrected chi connectivity index (χ4v) is 3.44. The molecule has 0 aromatic heterocycles. The Hall–Kier alpha value is -1.10. The molecule has 3 atom stereocenters. The van der Waals surface area contributed by atoms with Gasteiger partial charge in [-0.25, -0.2) is 4.79 Å². The molecular formula is C14H24N2O3. The Labute approximate surface area is 114 Å². The predicted molar refractivity (Wildman–Crippen MR) is 71.7 cm³/mol. The number of carboxylic acid groups (broad SMARTS) is 1. The number of carbonyl (C=O) groups excluding carboxylic acids is 1. The highest BCUT2D eigenvalue weighted by Crippen LogP contribution is 2.36. The summed E-state index contributed by atoms with van der Waals surface area (Å²) in [7, 11) is 0. The lowest BCUT2D eigenvalue weighted by atomic mass is 9.76. The second-order valence-electron chi connectivity index (χ2n) is 6.56. The van der Waals surface area contributed by atoms with Crippen LogP contribution in [0.4, 0.5) is 0 Å². The zero-order valence-electron chi connectivity index (χ0n) is 12.0. The topological polar surface area (TPSA) is 69.6 Å². The number of piperidine rings is 1. The molecule has 19 heavy (non-hydrogen) atoms. The molecule has 0 aliphatic carbocycles. The highest BCUT2D eigenvalue weighted by molar-refractivity contribution is 5.88. The lowest BCUT2D eigenvalue weighted by Crippen LogP contribution is -2.60. The standard InChI is InChI=1S/C14H24N2O3/c1-9-5-7-15-10(9)12(17)16-8-4-6-14(2,3)11(16)13(18)19/h9-11,15H,4-8H2,1-3H3,(H,18,19). The van der Waals surface area contributed by atoms with Crippen LogP contribution in [0.25, 0.3) is 0 Å². The number of hydrogen-bond acceptors (Lipinski definition) is 3. The molecule has 2 N–H and O–H groups in total. The van der Waals surface area contributed by atoms with Crippen LogP contribution in [0, 0.1) is 11.3 Å². The maximum Gasteiger partial charge on any atom is 0.326 e. The Morgan fingerprint density at radius 3 is 2.58 bits per heavy atom. The summed E-state index contributed by atoms with van der Waals surface area (Å²) in [6.07, 6.45) is 2.70. The Balaban J connectivity index is 2.21. The maximum atomic E-state index is 12.6. The largest absolute Gasteiger partial charge is 0.480 e. The fraction of sp³-hybridized carbons (Fsp3) is 0.857. The third-order valence-electron chi connectivity index (χ3n) is 4.59. The molecule has 5 heteroatoms. The minimum Gasteiger partial charge on any atom is -0.480 e. The van der Waals surface area contributed by atoms with Crippen molar-refractivity contribution in [3.8, 4) is 0 Å². The summed E-state index contributed by atoms with van der Waals surface area (Å²) in [5, 5.41) is 12.7. The van der Waals surface area contributed by atoms with Crippen molar-refractivity contribution in [2.75, 3.05) is 13.1 Å². The maximum absolute atomic E-state index is 12.6. The molecule has 0 saturated carbocycles. The number of nitrogens with one attached hydrogen (secondary N) is 1. The van der Waals surface area contributed by atoms with Gasteiger partial charge in [-0.2, -0.15) is 0 Å². The van der Waals surface area contributed by atoms with Crippen LogP contribution in [0.1, 0.15) is 40.0 Å². The summed E-state index contributed by atoms with van der Waals surface area (Å²) in [4.78, 5) is 25.8. The molecule has 0 bridgehead atoms. The summed E-state index contributed by atoms with van der Waals surface area (Å²) in [6.45, 7) is 7.33. The van der Waals surface area contributed by atoms with Gasteiger partial charge in [0.05, 0.1) is 6.04 Å². The summed E-state index contributed by atoms with van der Waals surface area (Å²) in [6, 6.07) is -0.918. The third-order valence-corrected chi connectivity index (χ3v) is 4.59. The van der Waals surface area contributed by atoms with Crippen LogP contribution < -0.4 is 5.32 Å². The SMILES string of the molecule is CC1CCNC1C(=O)N1CCCC(C)(C)C1C(=O)O. The van der Waals surface area contributed by atoms with E-state index in [1.165, 1.54) is 0 Å². The van der Waals surface area contributed by atoms with Crippen LogP contribution >= 0.6 is 0 Å². The monoisotopic (exact) mass is 268 g/mol. The summed E-state index contributed by atoms with van der Waals surface area (Å²) < 4.78 is 0.